The molecule has 1 unspecified atom stereocenters. The van der Waals surface area contributed by atoms with E-state index in [4.69, 9.17) is 4.74 Å². The number of hydrogen-bond donors (Lipinski definition) is 0. The first-order valence-corrected chi connectivity index (χ1v) is 7.33. The maximum Gasteiger partial charge on any atom is 0.203 e. The number of aldehydes is 1. The Morgan fingerprint density at radius 3 is 2.85 bits per heavy atom. The molecule has 3 nitrogen and oxygen atoms in total. The van der Waals surface area contributed by atoms with E-state index in [2.05, 4.69) is 0 Å². The molecule has 0 saturated heterocycles. The quantitative estimate of drug-likeness (QED) is 0.643. The van der Waals surface area contributed by atoms with Gasteiger partial charge in [-0.2, -0.15) is 0 Å². The zero-order valence-electron chi connectivity index (χ0n) is 11.3. The van der Waals surface area contributed by atoms with E-state index in [0.29, 0.717) is 12.0 Å². The van der Waals surface area contributed by atoms with Crippen molar-refractivity contribution in [2.45, 2.75) is 26.4 Å². The van der Waals surface area contributed by atoms with Crippen molar-refractivity contribution in [3.05, 3.63) is 50.7 Å². The third-order valence-electron chi connectivity index (χ3n) is 3.75. The van der Waals surface area contributed by atoms with Crippen molar-refractivity contribution >= 4 is 23.4 Å². The fraction of sp³-hybridized carbons (Fsp3) is 0.250. The summed E-state index contributed by atoms with van der Waals surface area (Å²) < 4.78 is 5.62. The van der Waals surface area contributed by atoms with Gasteiger partial charge < -0.3 is 4.74 Å². The van der Waals surface area contributed by atoms with Crippen molar-refractivity contribution in [2.75, 3.05) is 0 Å². The molecule has 0 amide bonds. The van der Waals surface area contributed by atoms with Gasteiger partial charge in [-0.05, 0) is 48.1 Å². The number of carbonyl (C=O) groups is 2. The van der Waals surface area contributed by atoms with E-state index in [0.717, 1.165) is 33.6 Å². The molecule has 2 heterocycles. The molecule has 2 aromatic rings. The minimum Gasteiger partial charge on any atom is -0.482 e. The van der Waals surface area contributed by atoms with Crippen LogP contribution in [-0.2, 0) is 11.2 Å². The second kappa shape index (κ2) is 4.87. The highest BCUT2D eigenvalue weighted by Crippen LogP contribution is 2.36. The van der Waals surface area contributed by atoms with Gasteiger partial charge in [-0.1, -0.05) is 6.07 Å². The predicted octanol–water partition coefficient (Wildman–Crippen LogP) is 3.10. The average Bonchev–Trinajstić information content (AvgIpc) is 3.10. The topological polar surface area (TPSA) is 43.4 Å². The predicted molar refractivity (Wildman–Crippen MR) is 77.9 cm³/mol. The summed E-state index contributed by atoms with van der Waals surface area (Å²) in [5, 5.41) is 1.90. The minimum absolute atomic E-state index is 0.0398. The average molecular weight is 286 g/mol. The molecule has 20 heavy (non-hydrogen) atoms. The summed E-state index contributed by atoms with van der Waals surface area (Å²) in [5.41, 5.74) is 3.53. The van der Waals surface area contributed by atoms with Crippen LogP contribution in [0.3, 0.4) is 0 Å². The molecule has 1 aliphatic rings. The number of fused-ring (bicyclic) bond motifs is 1. The van der Waals surface area contributed by atoms with Gasteiger partial charge in [0.05, 0.1) is 4.88 Å². The molecule has 1 aromatic heterocycles. The highest BCUT2D eigenvalue weighted by Gasteiger charge is 2.27. The molecule has 0 bridgehead atoms. The van der Waals surface area contributed by atoms with Crippen LogP contribution < -0.4 is 4.74 Å². The van der Waals surface area contributed by atoms with E-state index < -0.39 is 6.10 Å². The van der Waals surface area contributed by atoms with E-state index in [1.807, 2.05) is 37.4 Å². The number of ketones is 1. The Bertz CT molecular complexity index is 686. The molecule has 102 valence electrons. The number of hydrogen-bond acceptors (Lipinski definition) is 4. The van der Waals surface area contributed by atoms with E-state index in [1.165, 1.54) is 11.3 Å². The van der Waals surface area contributed by atoms with E-state index >= 15 is 0 Å². The first-order valence-electron chi connectivity index (χ1n) is 6.45. The largest absolute Gasteiger partial charge is 0.482 e. The van der Waals surface area contributed by atoms with Crippen molar-refractivity contribution in [1.82, 2.24) is 0 Å². The standard InChI is InChI=1S/C16H14O3S/c1-9-10(2)16-11(6-12(8-17)19-16)7-13(9)15(18)14-4-3-5-20-14/h3-5,7-8,12H,6H2,1-2H3. The molecule has 0 radical (unpaired) electrons. The fourth-order valence-electron chi connectivity index (χ4n) is 2.54. The SMILES string of the molecule is Cc1c(C(=O)c2cccs2)cc2c(c1C)OC(C=O)C2. The lowest BCUT2D eigenvalue weighted by molar-refractivity contribution is -0.113. The van der Waals surface area contributed by atoms with Gasteiger partial charge in [0, 0.05) is 12.0 Å². The molecule has 0 fully saturated rings. The van der Waals surface area contributed by atoms with Crippen LogP contribution in [0.2, 0.25) is 0 Å². The van der Waals surface area contributed by atoms with Gasteiger partial charge in [-0.3, -0.25) is 9.59 Å². The lowest BCUT2D eigenvalue weighted by Gasteiger charge is -2.12. The molecule has 0 aliphatic carbocycles. The second-order valence-corrected chi connectivity index (χ2v) is 5.91. The van der Waals surface area contributed by atoms with E-state index in [1.54, 1.807) is 0 Å². The molecule has 4 heteroatoms. The summed E-state index contributed by atoms with van der Waals surface area (Å²) >= 11 is 1.44. The maximum atomic E-state index is 12.5. The Hall–Kier alpha value is -1.94. The summed E-state index contributed by atoms with van der Waals surface area (Å²) in [6.07, 6.45) is 0.940. The molecule has 0 spiro atoms. The van der Waals surface area contributed by atoms with Crippen LogP contribution in [0, 0.1) is 13.8 Å². The van der Waals surface area contributed by atoms with Crippen molar-refractivity contribution in [2.24, 2.45) is 0 Å². The van der Waals surface area contributed by atoms with Gasteiger partial charge in [0.25, 0.3) is 0 Å². The molecule has 0 saturated carbocycles. The summed E-state index contributed by atoms with van der Waals surface area (Å²) in [6.45, 7) is 3.86. The Balaban J connectivity index is 2.09. The second-order valence-electron chi connectivity index (χ2n) is 4.97. The van der Waals surface area contributed by atoms with Crippen molar-refractivity contribution in [3.8, 4) is 5.75 Å². The van der Waals surface area contributed by atoms with Gasteiger partial charge in [-0.15, -0.1) is 11.3 Å². The minimum atomic E-state index is -0.421. The molecular weight excluding hydrogens is 272 g/mol. The molecule has 1 aromatic carbocycles. The third kappa shape index (κ3) is 1.96. The number of ether oxygens (including phenoxy) is 1. The maximum absolute atomic E-state index is 12.5. The van der Waals surface area contributed by atoms with Crippen LogP contribution in [0.25, 0.3) is 0 Å². The smallest absolute Gasteiger partial charge is 0.203 e. The molecule has 3 rings (SSSR count). The summed E-state index contributed by atoms with van der Waals surface area (Å²) in [7, 11) is 0. The van der Waals surface area contributed by atoms with Crippen molar-refractivity contribution in [1.29, 1.82) is 0 Å². The monoisotopic (exact) mass is 286 g/mol. The van der Waals surface area contributed by atoms with E-state index in [-0.39, 0.29) is 5.78 Å². The van der Waals surface area contributed by atoms with Crippen LogP contribution in [0.4, 0.5) is 0 Å². The summed E-state index contributed by atoms with van der Waals surface area (Å²) in [4.78, 5) is 24.2. The molecule has 1 aliphatic heterocycles. The highest BCUT2D eigenvalue weighted by molar-refractivity contribution is 7.12. The molecular formula is C16H14O3S. The Morgan fingerprint density at radius 2 is 2.20 bits per heavy atom. The summed E-state index contributed by atoms with van der Waals surface area (Å²) in [5.74, 6) is 0.806. The Kier molecular flexibility index (Phi) is 3.18. The van der Waals surface area contributed by atoms with Gasteiger partial charge in [-0.25, -0.2) is 0 Å². The number of thiophene rings is 1. The molecule has 1 atom stereocenters. The number of carbonyl (C=O) groups excluding carboxylic acids is 2. The van der Waals surface area contributed by atoms with Gasteiger partial charge in [0.2, 0.25) is 5.78 Å². The number of benzene rings is 1. The van der Waals surface area contributed by atoms with Crippen LogP contribution in [0.1, 0.15) is 31.9 Å². The lowest BCUT2D eigenvalue weighted by Crippen LogP contribution is -2.13. The van der Waals surface area contributed by atoms with Crippen molar-refractivity contribution < 1.29 is 14.3 Å². The zero-order valence-corrected chi connectivity index (χ0v) is 12.1. The van der Waals surface area contributed by atoms with Crippen LogP contribution >= 0.6 is 11.3 Å². The zero-order chi connectivity index (χ0) is 14.3. The normalized spacial score (nSPS) is 16.6. The van der Waals surface area contributed by atoms with Crippen LogP contribution in [-0.4, -0.2) is 18.2 Å². The lowest BCUT2D eigenvalue weighted by atomic mass is 9.94. The molecule has 0 N–H and O–H groups in total. The summed E-state index contributed by atoms with van der Waals surface area (Å²) in [6, 6.07) is 5.59. The highest BCUT2D eigenvalue weighted by atomic mass is 32.1. The first-order chi connectivity index (χ1) is 9.61. The number of rotatable bonds is 3. The van der Waals surface area contributed by atoms with Gasteiger partial charge in [0.1, 0.15) is 5.75 Å². The first kappa shape index (κ1) is 13.1. The van der Waals surface area contributed by atoms with Crippen molar-refractivity contribution in [3.63, 3.8) is 0 Å². The van der Waals surface area contributed by atoms with Gasteiger partial charge in [0.15, 0.2) is 12.4 Å². The Labute approximate surface area is 121 Å². The fourth-order valence-corrected chi connectivity index (χ4v) is 3.22. The van der Waals surface area contributed by atoms with Crippen LogP contribution in [0.15, 0.2) is 23.6 Å². The van der Waals surface area contributed by atoms with Gasteiger partial charge >= 0.3 is 0 Å². The van der Waals surface area contributed by atoms with E-state index in [9.17, 15) is 9.59 Å². The third-order valence-corrected chi connectivity index (χ3v) is 4.62. The Morgan fingerprint density at radius 1 is 1.40 bits per heavy atom. The van der Waals surface area contributed by atoms with Crippen LogP contribution in [0.5, 0.6) is 5.75 Å².